The molecule has 2 fully saturated rings. The lowest BCUT2D eigenvalue weighted by atomic mass is 10.0. The van der Waals surface area contributed by atoms with Crippen molar-refractivity contribution >= 4 is 9.84 Å². The van der Waals surface area contributed by atoms with Gasteiger partial charge in [-0.1, -0.05) is 0 Å². The van der Waals surface area contributed by atoms with Gasteiger partial charge in [0.25, 0.3) is 0 Å². The van der Waals surface area contributed by atoms with Crippen LogP contribution in [-0.4, -0.2) is 44.2 Å². The van der Waals surface area contributed by atoms with E-state index in [9.17, 15) is 8.42 Å². The smallest absolute Gasteiger partial charge is 0.152 e. The van der Waals surface area contributed by atoms with Crippen molar-refractivity contribution in [3.63, 3.8) is 0 Å². The highest BCUT2D eigenvalue weighted by Crippen LogP contribution is 2.25. The quantitative estimate of drug-likeness (QED) is 0.620. The van der Waals surface area contributed by atoms with Gasteiger partial charge < -0.3 is 10.1 Å². The van der Waals surface area contributed by atoms with Gasteiger partial charge >= 0.3 is 0 Å². The van der Waals surface area contributed by atoms with Crippen LogP contribution in [0.1, 0.15) is 20.3 Å². The van der Waals surface area contributed by atoms with Gasteiger partial charge in [0, 0.05) is 12.6 Å². The molecule has 2 aliphatic rings. The Morgan fingerprint density at radius 2 is 2.14 bits per heavy atom. The molecule has 0 aromatic heterocycles. The third-order valence-corrected chi connectivity index (χ3v) is 4.58. The van der Waals surface area contributed by atoms with E-state index in [1.54, 1.807) is 0 Å². The highest BCUT2D eigenvalue weighted by Gasteiger charge is 2.40. The van der Waals surface area contributed by atoms with Gasteiger partial charge in [-0.05, 0) is 20.3 Å². The lowest BCUT2D eigenvalue weighted by Gasteiger charge is -2.43. The van der Waals surface area contributed by atoms with E-state index in [1.807, 2.05) is 13.8 Å². The standard InChI is InChI=1S/C9H17NO3S/c1-9(2)6-10-7-5-14(11,12)4-3-8(7)13-9/h7-8,10H,3-6H2,1-2H3. The summed E-state index contributed by atoms with van der Waals surface area (Å²) in [4.78, 5) is 0. The second-order valence-corrected chi connectivity index (χ2v) is 7.04. The molecule has 5 heteroatoms. The zero-order valence-electron chi connectivity index (χ0n) is 8.62. The van der Waals surface area contributed by atoms with Crippen molar-refractivity contribution in [2.45, 2.75) is 38.0 Å². The van der Waals surface area contributed by atoms with Crippen LogP contribution < -0.4 is 5.32 Å². The number of fused-ring (bicyclic) bond motifs is 1. The van der Waals surface area contributed by atoms with Crippen molar-refractivity contribution in [1.29, 1.82) is 0 Å². The fourth-order valence-corrected chi connectivity index (χ4v) is 3.76. The fraction of sp³-hybridized carbons (Fsp3) is 1.00. The number of nitrogens with one attached hydrogen (secondary N) is 1. The molecule has 4 nitrogen and oxygen atoms in total. The zero-order valence-corrected chi connectivity index (χ0v) is 9.43. The van der Waals surface area contributed by atoms with Crippen LogP contribution in [0.5, 0.6) is 0 Å². The molecule has 2 atom stereocenters. The first-order valence-corrected chi connectivity index (χ1v) is 6.82. The fourth-order valence-electron chi connectivity index (χ4n) is 2.12. The van der Waals surface area contributed by atoms with Crippen molar-refractivity contribution in [2.24, 2.45) is 0 Å². The lowest BCUT2D eigenvalue weighted by molar-refractivity contribution is -0.113. The maximum atomic E-state index is 11.4. The molecule has 2 aliphatic heterocycles. The van der Waals surface area contributed by atoms with E-state index in [4.69, 9.17) is 4.74 Å². The SMILES string of the molecule is CC1(C)CNC2CS(=O)(=O)CCC2O1. The van der Waals surface area contributed by atoms with Crippen LogP contribution in [0, 0.1) is 0 Å². The lowest BCUT2D eigenvalue weighted by Crippen LogP contribution is -2.61. The van der Waals surface area contributed by atoms with Crippen LogP contribution in [0.25, 0.3) is 0 Å². The zero-order chi connectivity index (χ0) is 10.4. The summed E-state index contributed by atoms with van der Waals surface area (Å²) in [6.45, 7) is 4.78. The van der Waals surface area contributed by atoms with Gasteiger partial charge in [0.2, 0.25) is 0 Å². The second kappa shape index (κ2) is 3.18. The molecular formula is C9H17NO3S. The van der Waals surface area contributed by atoms with Gasteiger partial charge in [0.05, 0.1) is 23.2 Å². The molecule has 2 saturated heterocycles. The number of sulfone groups is 1. The van der Waals surface area contributed by atoms with Crippen molar-refractivity contribution in [3.8, 4) is 0 Å². The number of hydrogen-bond acceptors (Lipinski definition) is 4. The predicted octanol–water partition coefficient (Wildman–Crippen LogP) is -0.0595. The molecule has 0 aliphatic carbocycles. The van der Waals surface area contributed by atoms with Crippen LogP contribution >= 0.6 is 0 Å². The Kier molecular flexibility index (Phi) is 2.36. The number of morpholine rings is 1. The van der Waals surface area contributed by atoms with Gasteiger partial charge in [-0.15, -0.1) is 0 Å². The van der Waals surface area contributed by atoms with Crippen LogP contribution in [0.15, 0.2) is 0 Å². The first-order valence-electron chi connectivity index (χ1n) is 5.00. The average Bonchev–Trinajstić information content (AvgIpc) is 2.04. The maximum absolute atomic E-state index is 11.4. The summed E-state index contributed by atoms with van der Waals surface area (Å²) in [6, 6.07) is 0.00164. The number of ether oxygens (including phenoxy) is 1. The number of rotatable bonds is 0. The summed E-state index contributed by atoms with van der Waals surface area (Å²) in [5.74, 6) is 0.500. The Labute approximate surface area is 84.9 Å². The van der Waals surface area contributed by atoms with Crippen molar-refractivity contribution in [1.82, 2.24) is 5.32 Å². The third-order valence-electron chi connectivity index (χ3n) is 2.86. The molecule has 0 aromatic rings. The number of hydrogen-bond donors (Lipinski definition) is 1. The molecule has 0 amide bonds. The Balaban J connectivity index is 2.09. The minimum atomic E-state index is -2.83. The first-order chi connectivity index (χ1) is 6.38. The van der Waals surface area contributed by atoms with E-state index in [-0.39, 0.29) is 29.3 Å². The summed E-state index contributed by atoms with van der Waals surface area (Å²) in [7, 11) is -2.83. The summed E-state index contributed by atoms with van der Waals surface area (Å²) < 4.78 is 28.6. The Morgan fingerprint density at radius 3 is 2.86 bits per heavy atom. The molecule has 1 N–H and O–H groups in total. The molecule has 0 saturated carbocycles. The molecule has 0 bridgehead atoms. The topological polar surface area (TPSA) is 55.4 Å². The van der Waals surface area contributed by atoms with Gasteiger partial charge in [0.15, 0.2) is 9.84 Å². The normalized spacial score (nSPS) is 40.1. The van der Waals surface area contributed by atoms with Gasteiger partial charge in [0.1, 0.15) is 0 Å². The molecule has 2 rings (SSSR count). The van der Waals surface area contributed by atoms with E-state index in [0.717, 1.165) is 6.54 Å². The molecule has 14 heavy (non-hydrogen) atoms. The van der Waals surface area contributed by atoms with Crippen molar-refractivity contribution < 1.29 is 13.2 Å². The van der Waals surface area contributed by atoms with E-state index in [2.05, 4.69) is 5.32 Å². The minimum absolute atomic E-state index is 0.00164. The second-order valence-electron chi connectivity index (χ2n) is 4.81. The summed E-state index contributed by atoms with van der Waals surface area (Å²) in [5, 5.41) is 3.26. The molecule has 82 valence electrons. The molecule has 0 aromatic carbocycles. The van der Waals surface area contributed by atoms with Gasteiger partial charge in [-0.25, -0.2) is 8.42 Å². The first kappa shape index (κ1) is 10.4. The monoisotopic (exact) mass is 219 g/mol. The highest BCUT2D eigenvalue weighted by molar-refractivity contribution is 7.91. The van der Waals surface area contributed by atoms with E-state index < -0.39 is 9.84 Å². The molecule has 0 spiro atoms. The summed E-state index contributed by atoms with van der Waals surface area (Å²) in [5.41, 5.74) is -0.164. The molecule has 0 radical (unpaired) electrons. The van der Waals surface area contributed by atoms with E-state index in [0.29, 0.717) is 6.42 Å². The average molecular weight is 219 g/mol. The largest absolute Gasteiger partial charge is 0.369 e. The molecule has 2 unspecified atom stereocenters. The third kappa shape index (κ3) is 2.10. The Morgan fingerprint density at radius 1 is 1.43 bits per heavy atom. The highest BCUT2D eigenvalue weighted by atomic mass is 32.2. The van der Waals surface area contributed by atoms with Gasteiger partial charge in [-0.3, -0.25) is 0 Å². The Bertz CT molecular complexity index is 323. The van der Waals surface area contributed by atoms with Gasteiger partial charge in [-0.2, -0.15) is 0 Å². The summed E-state index contributed by atoms with van der Waals surface area (Å²) in [6.07, 6.45) is 0.700. The summed E-state index contributed by atoms with van der Waals surface area (Å²) >= 11 is 0. The molecule has 2 heterocycles. The van der Waals surface area contributed by atoms with Crippen molar-refractivity contribution in [2.75, 3.05) is 18.1 Å². The van der Waals surface area contributed by atoms with Crippen molar-refractivity contribution in [3.05, 3.63) is 0 Å². The predicted molar refractivity (Wildman–Crippen MR) is 54.0 cm³/mol. The molecular weight excluding hydrogens is 202 g/mol. The van der Waals surface area contributed by atoms with E-state index >= 15 is 0 Å². The van der Waals surface area contributed by atoms with Crippen LogP contribution in [0.3, 0.4) is 0 Å². The van der Waals surface area contributed by atoms with E-state index in [1.165, 1.54) is 0 Å². The minimum Gasteiger partial charge on any atom is -0.369 e. The van der Waals surface area contributed by atoms with Crippen LogP contribution in [0.4, 0.5) is 0 Å². The van der Waals surface area contributed by atoms with Crippen LogP contribution in [0.2, 0.25) is 0 Å². The Hall–Kier alpha value is -0.130. The van der Waals surface area contributed by atoms with Crippen LogP contribution in [-0.2, 0) is 14.6 Å². The maximum Gasteiger partial charge on any atom is 0.152 e.